The average molecular weight is 207 g/mol. The summed E-state index contributed by atoms with van der Waals surface area (Å²) in [4.78, 5) is 3.08. The molecule has 1 aromatic heterocycles. The summed E-state index contributed by atoms with van der Waals surface area (Å²) in [7, 11) is 0. The van der Waals surface area contributed by atoms with Gasteiger partial charge in [-0.25, -0.2) is 18.2 Å². The third kappa shape index (κ3) is 1.17. The van der Waals surface area contributed by atoms with Gasteiger partial charge >= 0.3 is 0 Å². The number of rotatable bonds is 0. The van der Waals surface area contributed by atoms with Crippen LogP contribution in [0.25, 0.3) is 10.2 Å². The first kappa shape index (κ1) is 8.43. The molecule has 0 aliphatic heterocycles. The molecule has 1 nitrogen and oxygen atoms in total. The number of aromatic nitrogens is 1. The summed E-state index contributed by atoms with van der Waals surface area (Å²) < 4.78 is 50.4. The van der Waals surface area contributed by atoms with Gasteiger partial charge in [0, 0.05) is 0 Å². The Balaban J connectivity index is 2.92. The van der Waals surface area contributed by atoms with Gasteiger partial charge in [-0.2, -0.15) is 4.39 Å². The van der Waals surface area contributed by atoms with Gasteiger partial charge in [-0.15, -0.1) is 0 Å². The minimum absolute atomic E-state index is 0.0473. The lowest BCUT2D eigenvalue weighted by molar-refractivity contribution is 0.452. The SMILES string of the molecule is Fc1nc2c(F)c(F)c(F)cc2s1. The Bertz CT molecular complexity index is 479. The van der Waals surface area contributed by atoms with Crippen molar-refractivity contribution < 1.29 is 17.6 Å². The van der Waals surface area contributed by atoms with Gasteiger partial charge in [0.05, 0.1) is 4.70 Å². The lowest BCUT2D eigenvalue weighted by atomic mass is 10.3. The molecule has 0 spiro atoms. The molecule has 0 unspecified atom stereocenters. The topological polar surface area (TPSA) is 12.9 Å². The van der Waals surface area contributed by atoms with E-state index in [0.717, 1.165) is 0 Å². The molecular formula is C7HF4NS. The number of benzene rings is 1. The van der Waals surface area contributed by atoms with Crippen LogP contribution in [-0.4, -0.2) is 4.98 Å². The minimum atomic E-state index is -1.63. The van der Waals surface area contributed by atoms with Crippen LogP contribution < -0.4 is 0 Å². The van der Waals surface area contributed by atoms with Crippen LogP contribution in [0.5, 0.6) is 0 Å². The Hall–Kier alpha value is -1.17. The van der Waals surface area contributed by atoms with Gasteiger partial charge in [0.25, 0.3) is 5.26 Å². The van der Waals surface area contributed by atoms with Crippen molar-refractivity contribution >= 4 is 21.6 Å². The van der Waals surface area contributed by atoms with Crippen molar-refractivity contribution in [3.8, 4) is 0 Å². The van der Waals surface area contributed by atoms with E-state index in [1.807, 2.05) is 0 Å². The van der Waals surface area contributed by atoms with Crippen molar-refractivity contribution in [3.63, 3.8) is 0 Å². The Kier molecular flexibility index (Phi) is 1.73. The predicted molar refractivity (Wildman–Crippen MR) is 39.5 cm³/mol. The Morgan fingerprint density at radius 2 is 1.77 bits per heavy atom. The van der Waals surface area contributed by atoms with Crippen LogP contribution in [0.1, 0.15) is 0 Å². The summed E-state index contributed by atoms with van der Waals surface area (Å²) in [5.74, 6) is -4.42. The molecule has 0 aliphatic carbocycles. The number of thiazole rings is 1. The highest BCUT2D eigenvalue weighted by atomic mass is 32.1. The fourth-order valence-electron chi connectivity index (χ4n) is 0.947. The maximum atomic E-state index is 12.8. The minimum Gasteiger partial charge on any atom is -0.206 e. The van der Waals surface area contributed by atoms with E-state index in [-0.39, 0.29) is 4.70 Å². The molecule has 68 valence electrons. The number of fused-ring (bicyclic) bond motifs is 1. The normalized spacial score (nSPS) is 11.1. The molecule has 2 rings (SSSR count). The van der Waals surface area contributed by atoms with Crippen LogP contribution in [0, 0.1) is 22.7 Å². The molecule has 0 atom stereocenters. The first-order valence-electron chi connectivity index (χ1n) is 3.19. The van der Waals surface area contributed by atoms with E-state index >= 15 is 0 Å². The maximum Gasteiger partial charge on any atom is 0.270 e. The molecule has 2 aromatic rings. The highest BCUT2D eigenvalue weighted by molar-refractivity contribution is 7.17. The van der Waals surface area contributed by atoms with Crippen molar-refractivity contribution in [3.05, 3.63) is 28.8 Å². The molecule has 0 radical (unpaired) electrons. The second-order valence-corrected chi connectivity index (χ2v) is 3.28. The van der Waals surface area contributed by atoms with E-state index in [1.54, 1.807) is 0 Å². The van der Waals surface area contributed by atoms with Crippen molar-refractivity contribution in [2.24, 2.45) is 0 Å². The zero-order chi connectivity index (χ0) is 9.59. The van der Waals surface area contributed by atoms with Gasteiger partial charge in [-0.05, 0) is 6.07 Å². The van der Waals surface area contributed by atoms with Crippen LogP contribution in [0.2, 0.25) is 0 Å². The second kappa shape index (κ2) is 2.66. The summed E-state index contributed by atoms with van der Waals surface area (Å²) >= 11 is 0.465. The van der Waals surface area contributed by atoms with Crippen LogP contribution in [0.15, 0.2) is 6.07 Å². The summed E-state index contributed by atoms with van der Waals surface area (Å²) in [6.45, 7) is 0. The van der Waals surface area contributed by atoms with Crippen molar-refractivity contribution in [2.45, 2.75) is 0 Å². The molecule has 1 aromatic carbocycles. The number of hydrogen-bond acceptors (Lipinski definition) is 2. The summed E-state index contributed by atoms with van der Waals surface area (Å²) in [6, 6.07) is 0.717. The van der Waals surface area contributed by atoms with Crippen LogP contribution in [0.4, 0.5) is 17.6 Å². The molecular weight excluding hydrogens is 206 g/mol. The predicted octanol–water partition coefficient (Wildman–Crippen LogP) is 2.85. The van der Waals surface area contributed by atoms with Crippen molar-refractivity contribution in [2.75, 3.05) is 0 Å². The molecule has 6 heteroatoms. The van der Waals surface area contributed by atoms with Gasteiger partial charge in [-0.1, -0.05) is 11.3 Å². The molecule has 0 fully saturated rings. The quantitative estimate of drug-likeness (QED) is 0.478. The molecule has 0 N–H and O–H groups in total. The molecule has 0 saturated carbocycles. The Labute approximate surface area is 73.6 Å². The first-order valence-corrected chi connectivity index (χ1v) is 4.01. The van der Waals surface area contributed by atoms with Crippen molar-refractivity contribution in [1.29, 1.82) is 0 Å². The smallest absolute Gasteiger partial charge is 0.206 e. The second-order valence-electron chi connectivity index (χ2n) is 2.30. The van der Waals surface area contributed by atoms with Gasteiger partial charge in [0.2, 0.25) is 0 Å². The third-order valence-corrected chi connectivity index (χ3v) is 2.29. The highest BCUT2D eigenvalue weighted by Crippen LogP contribution is 2.26. The van der Waals surface area contributed by atoms with Gasteiger partial charge in [0.1, 0.15) is 5.52 Å². The van der Waals surface area contributed by atoms with E-state index in [4.69, 9.17) is 0 Å². The molecule has 1 heterocycles. The van der Waals surface area contributed by atoms with Gasteiger partial charge in [-0.3, -0.25) is 0 Å². The number of halogens is 4. The molecule has 0 amide bonds. The van der Waals surface area contributed by atoms with E-state index in [0.29, 0.717) is 17.4 Å². The molecule has 13 heavy (non-hydrogen) atoms. The molecule has 0 saturated heterocycles. The number of nitrogens with zero attached hydrogens (tertiary/aromatic N) is 1. The largest absolute Gasteiger partial charge is 0.270 e. The summed E-state index contributed by atoms with van der Waals surface area (Å²) in [5.41, 5.74) is -0.471. The Morgan fingerprint density at radius 1 is 1.08 bits per heavy atom. The molecule has 0 aliphatic rings. The average Bonchev–Trinajstić information content (AvgIpc) is 2.42. The van der Waals surface area contributed by atoms with E-state index in [2.05, 4.69) is 4.98 Å². The highest BCUT2D eigenvalue weighted by Gasteiger charge is 2.17. The fraction of sp³-hybridized carbons (Fsp3) is 0. The van der Waals surface area contributed by atoms with Crippen LogP contribution in [-0.2, 0) is 0 Å². The fourth-order valence-corrected chi connectivity index (χ4v) is 1.66. The third-order valence-electron chi connectivity index (χ3n) is 1.50. The van der Waals surface area contributed by atoms with Crippen LogP contribution in [0.3, 0.4) is 0 Å². The zero-order valence-corrected chi connectivity index (χ0v) is 6.76. The lowest BCUT2D eigenvalue weighted by Gasteiger charge is -1.94. The van der Waals surface area contributed by atoms with E-state index < -0.39 is 28.2 Å². The Morgan fingerprint density at radius 3 is 2.46 bits per heavy atom. The van der Waals surface area contributed by atoms with E-state index in [1.165, 1.54) is 0 Å². The first-order chi connectivity index (χ1) is 6.09. The summed E-state index contributed by atoms with van der Waals surface area (Å²) in [6.07, 6.45) is 0. The zero-order valence-electron chi connectivity index (χ0n) is 5.94. The van der Waals surface area contributed by atoms with Gasteiger partial charge in [0.15, 0.2) is 17.5 Å². The van der Waals surface area contributed by atoms with Crippen LogP contribution >= 0.6 is 11.3 Å². The standard InChI is InChI=1S/C7HF4NS/c8-2-1-3-6(5(10)4(2)9)12-7(11)13-3/h1H. The summed E-state index contributed by atoms with van der Waals surface area (Å²) in [5, 5.41) is -0.918. The monoisotopic (exact) mass is 207 g/mol. The maximum absolute atomic E-state index is 12.8. The van der Waals surface area contributed by atoms with Gasteiger partial charge < -0.3 is 0 Å². The molecule has 0 bridgehead atoms. The van der Waals surface area contributed by atoms with E-state index in [9.17, 15) is 17.6 Å². The van der Waals surface area contributed by atoms with Crippen molar-refractivity contribution in [1.82, 2.24) is 4.98 Å². The lowest BCUT2D eigenvalue weighted by Crippen LogP contribution is -1.90. The number of hydrogen-bond donors (Lipinski definition) is 0.